The zero-order valence-corrected chi connectivity index (χ0v) is 7.40. The van der Waals surface area contributed by atoms with Gasteiger partial charge in [0.05, 0.1) is 12.7 Å². The Hall–Kier alpha value is -0.160. The molecule has 0 saturated carbocycles. The maximum absolute atomic E-state index is 9.60. The first-order chi connectivity index (χ1) is 5.51. The van der Waals surface area contributed by atoms with E-state index in [1.807, 2.05) is 0 Å². The third-order valence-corrected chi connectivity index (χ3v) is 2.47. The van der Waals surface area contributed by atoms with Crippen molar-refractivity contribution in [2.45, 2.75) is 38.3 Å². The molecule has 4 unspecified atom stereocenters. The topological polar surface area (TPSA) is 69.9 Å². The maximum atomic E-state index is 9.60. The van der Waals surface area contributed by atoms with Crippen molar-refractivity contribution in [3.63, 3.8) is 0 Å². The second kappa shape index (κ2) is 3.30. The van der Waals surface area contributed by atoms with Crippen LogP contribution in [-0.4, -0.2) is 39.9 Å². The summed E-state index contributed by atoms with van der Waals surface area (Å²) in [6.07, 6.45) is -1.83. The van der Waals surface area contributed by atoms with Crippen LogP contribution in [0.25, 0.3) is 0 Å². The highest BCUT2D eigenvalue weighted by atomic mass is 16.6. The lowest BCUT2D eigenvalue weighted by Gasteiger charge is -2.41. The molecule has 0 radical (unpaired) electrons. The van der Waals surface area contributed by atoms with Crippen LogP contribution in [0.3, 0.4) is 0 Å². The SMILES string of the molecule is CCC1(O)OCC(C)C(O)C1O. The minimum absolute atomic E-state index is 0.133. The number of aliphatic hydroxyl groups is 3. The highest BCUT2D eigenvalue weighted by Crippen LogP contribution is 2.28. The van der Waals surface area contributed by atoms with Crippen LogP contribution in [0.2, 0.25) is 0 Å². The lowest BCUT2D eigenvalue weighted by molar-refractivity contribution is -0.312. The van der Waals surface area contributed by atoms with Crippen molar-refractivity contribution in [1.29, 1.82) is 0 Å². The molecule has 12 heavy (non-hydrogen) atoms. The normalized spacial score (nSPS) is 49.2. The highest BCUT2D eigenvalue weighted by Gasteiger charge is 2.45. The van der Waals surface area contributed by atoms with E-state index in [0.29, 0.717) is 0 Å². The molecule has 0 spiro atoms. The van der Waals surface area contributed by atoms with E-state index in [1.165, 1.54) is 0 Å². The summed E-state index contributed by atoms with van der Waals surface area (Å²) in [6.45, 7) is 3.75. The molecule has 1 heterocycles. The fourth-order valence-corrected chi connectivity index (χ4v) is 1.35. The van der Waals surface area contributed by atoms with Crippen LogP contribution in [0.15, 0.2) is 0 Å². The van der Waals surface area contributed by atoms with Crippen LogP contribution in [0, 0.1) is 5.92 Å². The van der Waals surface area contributed by atoms with Gasteiger partial charge in [0, 0.05) is 12.3 Å². The molecule has 1 rings (SSSR count). The van der Waals surface area contributed by atoms with E-state index in [0.717, 1.165) is 0 Å². The Kier molecular flexibility index (Phi) is 2.73. The Morgan fingerprint density at radius 1 is 1.50 bits per heavy atom. The number of hydrogen-bond acceptors (Lipinski definition) is 4. The fourth-order valence-electron chi connectivity index (χ4n) is 1.35. The third-order valence-electron chi connectivity index (χ3n) is 2.47. The van der Waals surface area contributed by atoms with Crippen LogP contribution in [-0.2, 0) is 4.74 Å². The van der Waals surface area contributed by atoms with Crippen LogP contribution in [0.4, 0.5) is 0 Å². The van der Waals surface area contributed by atoms with Gasteiger partial charge in [0.1, 0.15) is 6.10 Å². The maximum Gasteiger partial charge on any atom is 0.194 e. The molecule has 0 aromatic heterocycles. The molecule has 4 heteroatoms. The van der Waals surface area contributed by atoms with Gasteiger partial charge in [0.25, 0.3) is 0 Å². The van der Waals surface area contributed by atoms with Crippen molar-refractivity contribution in [2.75, 3.05) is 6.61 Å². The number of aliphatic hydroxyl groups excluding tert-OH is 2. The van der Waals surface area contributed by atoms with Gasteiger partial charge < -0.3 is 20.1 Å². The molecule has 72 valence electrons. The van der Waals surface area contributed by atoms with Crippen molar-refractivity contribution >= 4 is 0 Å². The summed E-state index contributed by atoms with van der Waals surface area (Å²) in [5.41, 5.74) is 0. The summed E-state index contributed by atoms with van der Waals surface area (Å²) >= 11 is 0. The minimum atomic E-state index is -1.56. The molecule has 0 aliphatic carbocycles. The largest absolute Gasteiger partial charge is 0.390 e. The van der Waals surface area contributed by atoms with Crippen molar-refractivity contribution in [3.05, 3.63) is 0 Å². The molecule has 4 nitrogen and oxygen atoms in total. The zero-order chi connectivity index (χ0) is 9.35. The van der Waals surface area contributed by atoms with Gasteiger partial charge in [-0.1, -0.05) is 13.8 Å². The standard InChI is InChI=1S/C8H16O4/c1-3-8(11)7(10)6(9)5(2)4-12-8/h5-7,9-11H,3-4H2,1-2H3. The molecule has 4 atom stereocenters. The van der Waals surface area contributed by atoms with E-state index in [2.05, 4.69) is 0 Å². The van der Waals surface area contributed by atoms with Gasteiger partial charge in [-0.15, -0.1) is 0 Å². The molecular weight excluding hydrogens is 160 g/mol. The van der Waals surface area contributed by atoms with Crippen LogP contribution < -0.4 is 0 Å². The van der Waals surface area contributed by atoms with Gasteiger partial charge in [0.2, 0.25) is 0 Å². The molecule has 1 aliphatic rings. The smallest absolute Gasteiger partial charge is 0.194 e. The molecule has 0 aromatic carbocycles. The van der Waals surface area contributed by atoms with E-state index in [1.54, 1.807) is 13.8 Å². The number of rotatable bonds is 1. The average molecular weight is 176 g/mol. The first-order valence-corrected chi connectivity index (χ1v) is 4.23. The van der Waals surface area contributed by atoms with Crippen LogP contribution >= 0.6 is 0 Å². The van der Waals surface area contributed by atoms with Crippen LogP contribution in [0.1, 0.15) is 20.3 Å². The fraction of sp³-hybridized carbons (Fsp3) is 1.00. The number of ether oxygens (including phenoxy) is 1. The molecule has 0 bridgehead atoms. The monoisotopic (exact) mass is 176 g/mol. The summed E-state index contributed by atoms with van der Waals surface area (Å²) < 4.78 is 5.06. The van der Waals surface area contributed by atoms with Gasteiger partial charge in [-0.25, -0.2) is 0 Å². The van der Waals surface area contributed by atoms with Crippen LogP contribution in [0.5, 0.6) is 0 Å². The van der Waals surface area contributed by atoms with Crippen molar-refractivity contribution in [3.8, 4) is 0 Å². The Morgan fingerprint density at radius 3 is 2.58 bits per heavy atom. The molecule has 1 fully saturated rings. The predicted molar refractivity (Wildman–Crippen MR) is 42.4 cm³/mol. The summed E-state index contributed by atoms with van der Waals surface area (Å²) in [4.78, 5) is 0. The molecule has 3 N–H and O–H groups in total. The highest BCUT2D eigenvalue weighted by molar-refractivity contribution is 4.88. The van der Waals surface area contributed by atoms with Crippen molar-refractivity contribution < 1.29 is 20.1 Å². The lowest BCUT2D eigenvalue weighted by atomic mass is 9.90. The lowest BCUT2D eigenvalue weighted by Crippen LogP contribution is -2.57. The second-order valence-electron chi connectivity index (χ2n) is 3.42. The van der Waals surface area contributed by atoms with Gasteiger partial charge >= 0.3 is 0 Å². The summed E-state index contributed by atoms with van der Waals surface area (Å²) in [6, 6.07) is 0. The molecule has 0 amide bonds. The summed E-state index contributed by atoms with van der Waals surface area (Å²) in [5, 5.41) is 28.5. The van der Waals surface area contributed by atoms with E-state index in [-0.39, 0.29) is 18.9 Å². The zero-order valence-electron chi connectivity index (χ0n) is 7.40. The molecule has 0 aromatic rings. The average Bonchev–Trinajstić information content (AvgIpc) is 2.09. The Bertz CT molecular complexity index is 161. The van der Waals surface area contributed by atoms with E-state index in [9.17, 15) is 15.3 Å². The first-order valence-electron chi connectivity index (χ1n) is 4.23. The molecule has 1 aliphatic heterocycles. The summed E-state index contributed by atoms with van der Waals surface area (Å²) in [5.74, 6) is -1.70. The van der Waals surface area contributed by atoms with Gasteiger partial charge in [0.15, 0.2) is 5.79 Å². The molecule has 1 saturated heterocycles. The molecular formula is C8H16O4. The van der Waals surface area contributed by atoms with E-state index >= 15 is 0 Å². The first kappa shape index (κ1) is 9.92. The quantitative estimate of drug-likeness (QED) is 0.502. The predicted octanol–water partition coefficient (Wildman–Crippen LogP) is -0.527. The number of hydrogen-bond donors (Lipinski definition) is 3. The van der Waals surface area contributed by atoms with Crippen molar-refractivity contribution in [1.82, 2.24) is 0 Å². The minimum Gasteiger partial charge on any atom is -0.390 e. The third kappa shape index (κ3) is 1.47. The van der Waals surface area contributed by atoms with Gasteiger partial charge in [-0.3, -0.25) is 0 Å². The second-order valence-corrected chi connectivity index (χ2v) is 3.42. The van der Waals surface area contributed by atoms with Gasteiger partial charge in [-0.2, -0.15) is 0 Å². The Labute approximate surface area is 71.8 Å². The van der Waals surface area contributed by atoms with E-state index < -0.39 is 18.0 Å². The Balaban J connectivity index is 2.71. The van der Waals surface area contributed by atoms with Gasteiger partial charge in [-0.05, 0) is 0 Å². The summed E-state index contributed by atoms with van der Waals surface area (Å²) in [7, 11) is 0. The van der Waals surface area contributed by atoms with Crippen molar-refractivity contribution in [2.24, 2.45) is 5.92 Å². The van der Waals surface area contributed by atoms with E-state index in [4.69, 9.17) is 4.74 Å². The Morgan fingerprint density at radius 2 is 2.08 bits per heavy atom.